The van der Waals surface area contributed by atoms with Crippen molar-refractivity contribution in [3.63, 3.8) is 0 Å². The van der Waals surface area contributed by atoms with Gasteiger partial charge in [-0.3, -0.25) is 0 Å². The van der Waals surface area contributed by atoms with Crippen LogP contribution in [0.1, 0.15) is 12.6 Å². The van der Waals surface area contributed by atoms with Crippen LogP contribution in [-0.4, -0.2) is 9.97 Å². The van der Waals surface area contributed by atoms with Gasteiger partial charge in [0, 0.05) is 16.2 Å². The Kier molecular flexibility index (Phi) is 3.51. The Morgan fingerprint density at radius 1 is 1.19 bits per heavy atom. The molecule has 0 atom stereocenters. The number of hydrogen-bond acceptors (Lipinski definition) is 3. The summed E-state index contributed by atoms with van der Waals surface area (Å²) in [5, 5.41) is 0. The molecule has 4 heteroatoms. The number of halogens is 1. The van der Waals surface area contributed by atoms with E-state index < -0.39 is 0 Å². The van der Waals surface area contributed by atoms with E-state index in [0.717, 1.165) is 22.3 Å². The fraction of sp³-hybridized carbons (Fsp3) is 0.167. The molecule has 0 unspecified atom stereocenters. The van der Waals surface area contributed by atoms with Crippen LogP contribution in [0.15, 0.2) is 41.1 Å². The molecular weight excluding hydrogens is 268 g/mol. The molecule has 1 aromatic heterocycles. The van der Waals surface area contributed by atoms with E-state index in [0.29, 0.717) is 5.88 Å². The van der Waals surface area contributed by atoms with E-state index >= 15 is 0 Å². The number of aryl methyl sites for hydroxylation is 1. The molecule has 0 saturated carbocycles. The molecular formula is C12H11BrN2O. The van der Waals surface area contributed by atoms with Crippen LogP contribution in [0.5, 0.6) is 11.6 Å². The summed E-state index contributed by atoms with van der Waals surface area (Å²) in [5.74, 6) is 1.35. The zero-order chi connectivity index (χ0) is 11.4. The van der Waals surface area contributed by atoms with Crippen molar-refractivity contribution in [2.45, 2.75) is 13.3 Å². The highest BCUT2D eigenvalue weighted by molar-refractivity contribution is 9.10. The first-order chi connectivity index (χ1) is 7.78. The lowest BCUT2D eigenvalue weighted by Gasteiger charge is -2.05. The molecule has 0 aliphatic carbocycles. The summed E-state index contributed by atoms with van der Waals surface area (Å²) in [7, 11) is 0. The van der Waals surface area contributed by atoms with Crippen LogP contribution < -0.4 is 4.74 Å². The standard InChI is InChI=1S/C12H11BrN2O/c1-2-10-7-12(15-8-14-10)16-11-5-3-9(13)4-6-11/h3-8H,2H2,1H3. The highest BCUT2D eigenvalue weighted by Crippen LogP contribution is 2.21. The van der Waals surface area contributed by atoms with E-state index in [4.69, 9.17) is 4.74 Å². The van der Waals surface area contributed by atoms with Gasteiger partial charge in [0.2, 0.25) is 5.88 Å². The first-order valence-electron chi connectivity index (χ1n) is 5.02. The molecule has 2 aromatic rings. The van der Waals surface area contributed by atoms with Gasteiger partial charge in [-0.1, -0.05) is 22.9 Å². The lowest BCUT2D eigenvalue weighted by Crippen LogP contribution is -1.92. The minimum absolute atomic E-state index is 0.578. The van der Waals surface area contributed by atoms with Crippen molar-refractivity contribution in [3.05, 3.63) is 46.8 Å². The van der Waals surface area contributed by atoms with E-state index in [9.17, 15) is 0 Å². The van der Waals surface area contributed by atoms with Crippen molar-refractivity contribution >= 4 is 15.9 Å². The van der Waals surface area contributed by atoms with Crippen molar-refractivity contribution in [2.24, 2.45) is 0 Å². The SMILES string of the molecule is CCc1cc(Oc2ccc(Br)cc2)ncn1. The number of hydrogen-bond donors (Lipinski definition) is 0. The fourth-order valence-corrected chi connectivity index (χ4v) is 1.51. The molecule has 2 rings (SSSR count). The third kappa shape index (κ3) is 2.79. The van der Waals surface area contributed by atoms with E-state index in [2.05, 4.69) is 25.9 Å². The Bertz CT molecular complexity index is 471. The Hall–Kier alpha value is -1.42. The molecule has 0 aliphatic heterocycles. The van der Waals surface area contributed by atoms with Crippen LogP contribution in [-0.2, 0) is 6.42 Å². The van der Waals surface area contributed by atoms with E-state index in [1.807, 2.05) is 37.3 Å². The second-order valence-electron chi connectivity index (χ2n) is 3.26. The first kappa shape index (κ1) is 11.1. The summed E-state index contributed by atoms with van der Waals surface area (Å²) in [4.78, 5) is 8.18. The third-order valence-corrected chi connectivity index (χ3v) is 2.63. The van der Waals surface area contributed by atoms with Crippen molar-refractivity contribution in [3.8, 4) is 11.6 Å². The predicted molar refractivity (Wildman–Crippen MR) is 65.6 cm³/mol. The highest BCUT2D eigenvalue weighted by Gasteiger charge is 2.00. The van der Waals surface area contributed by atoms with Crippen molar-refractivity contribution < 1.29 is 4.74 Å². The summed E-state index contributed by atoms with van der Waals surface area (Å²) in [6, 6.07) is 9.48. The van der Waals surface area contributed by atoms with Crippen LogP contribution in [0.25, 0.3) is 0 Å². The van der Waals surface area contributed by atoms with Crippen molar-refractivity contribution in [2.75, 3.05) is 0 Å². The van der Waals surface area contributed by atoms with Crippen LogP contribution in [0.3, 0.4) is 0 Å². The second kappa shape index (κ2) is 5.07. The Balaban J connectivity index is 2.16. The summed E-state index contributed by atoms with van der Waals surface area (Å²) in [5.41, 5.74) is 0.974. The lowest BCUT2D eigenvalue weighted by atomic mass is 10.3. The fourth-order valence-electron chi connectivity index (χ4n) is 1.25. The zero-order valence-corrected chi connectivity index (χ0v) is 10.4. The van der Waals surface area contributed by atoms with Gasteiger partial charge in [0.1, 0.15) is 12.1 Å². The summed E-state index contributed by atoms with van der Waals surface area (Å²) in [6.45, 7) is 2.05. The van der Waals surface area contributed by atoms with Gasteiger partial charge in [-0.2, -0.15) is 0 Å². The topological polar surface area (TPSA) is 35.0 Å². The molecule has 0 amide bonds. The molecule has 0 aliphatic rings. The van der Waals surface area contributed by atoms with Gasteiger partial charge in [0.05, 0.1) is 0 Å². The smallest absolute Gasteiger partial charge is 0.222 e. The van der Waals surface area contributed by atoms with Gasteiger partial charge in [0.25, 0.3) is 0 Å². The van der Waals surface area contributed by atoms with E-state index in [1.54, 1.807) is 0 Å². The van der Waals surface area contributed by atoms with Gasteiger partial charge in [-0.25, -0.2) is 9.97 Å². The molecule has 16 heavy (non-hydrogen) atoms. The van der Waals surface area contributed by atoms with Gasteiger partial charge in [0.15, 0.2) is 0 Å². The average Bonchev–Trinajstić information content (AvgIpc) is 2.32. The number of rotatable bonds is 3. The Labute approximate surface area is 103 Å². The molecule has 0 fully saturated rings. The second-order valence-corrected chi connectivity index (χ2v) is 4.17. The predicted octanol–water partition coefficient (Wildman–Crippen LogP) is 3.59. The first-order valence-corrected chi connectivity index (χ1v) is 5.81. The maximum absolute atomic E-state index is 5.60. The molecule has 1 heterocycles. The van der Waals surface area contributed by atoms with Crippen LogP contribution in [0.2, 0.25) is 0 Å². The van der Waals surface area contributed by atoms with E-state index in [1.165, 1.54) is 6.33 Å². The van der Waals surface area contributed by atoms with Crippen LogP contribution in [0, 0.1) is 0 Å². The maximum atomic E-state index is 5.60. The summed E-state index contributed by atoms with van der Waals surface area (Å²) < 4.78 is 6.63. The monoisotopic (exact) mass is 278 g/mol. The number of ether oxygens (including phenoxy) is 1. The Morgan fingerprint density at radius 3 is 2.62 bits per heavy atom. The van der Waals surface area contributed by atoms with Crippen molar-refractivity contribution in [1.29, 1.82) is 0 Å². The maximum Gasteiger partial charge on any atom is 0.222 e. The molecule has 82 valence electrons. The molecule has 0 saturated heterocycles. The largest absolute Gasteiger partial charge is 0.439 e. The van der Waals surface area contributed by atoms with E-state index in [-0.39, 0.29) is 0 Å². The number of benzene rings is 1. The molecule has 1 aromatic carbocycles. The summed E-state index contributed by atoms with van der Waals surface area (Å²) in [6.07, 6.45) is 2.40. The van der Waals surface area contributed by atoms with Crippen LogP contribution >= 0.6 is 15.9 Å². The average molecular weight is 279 g/mol. The van der Waals surface area contributed by atoms with Crippen LogP contribution in [0.4, 0.5) is 0 Å². The van der Waals surface area contributed by atoms with Gasteiger partial charge < -0.3 is 4.74 Å². The molecule has 0 radical (unpaired) electrons. The third-order valence-electron chi connectivity index (χ3n) is 2.10. The van der Waals surface area contributed by atoms with Gasteiger partial charge >= 0.3 is 0 Å². The lowest BCUT2D eigenvalue weighted by molar-refractivity contribution is 0.460. The van der Waals surface area contributed by atoms with Gasteiger partial charge in [-0.05, 0) is 30.7 Å². The molecule has 0 spiro atoms. The Morgan fingerprint density at radius 2 is 1.94 bits per heavy atom. The van der Waals surface area contributed by atoms with Crippen molar-refractivity contribution in [1.82, 2.24) is 9.97 Å². The molecule has 0 bridgehead atoms. The number of aromatic nitrogens is 2. The quantitative estimate of drug-likeness (QED) is 0.861. The zero-order valence-electron chi connectivity index (χ0n) is 8.85. The normalized spacial score (nSPS) is 10.1. The minimum atomic E-state index is 0.578. The minimum Gasteiger partial charge on any atom is -0.439 e. The highest BCUT2D eigenvalue weighted by atomic mass is 79.9. The summed E-state index contributed by atoms with van der Waals surface area (Å²) >= 11 is 3.37. The molecule has 3 nitrogen and oxygen atoms in total. The van der Waals surface area contributed by atoms with Gasteiger partial charge in [-0.15, -0.1) is 0 Å². The number of nitrogens with zero attached hydrogens (tertiary/aromatic N) is 2. The molecule has 0 N–H and O–H groups in total.